The molecule has 0 saturated carbocycles. The minimum absolute atomic E-state index is 0.0535. The van der Waals surface area contributed by atoms with Crippen LogP contribution in [0.2, 0.25) is 0 Å². The molecule has 3 saturated heterocycles. The van der Waals surface area contributed by atoms with Gasteiger partial charge in [-0.3, -0.25) is 9.78 Å². The van der Waals surface area contributed by atoms with Gasteiger partial charge in [0.05, 0.1) is 24.3 Å². The Labute approximate surface area is 259 Å². The van der Waals surface area contributed by atoms with E-state index >= 15 is 0 Å². The first-order valence-corrected chi connectivity index (χ1v) is 14.0. The smallest absolute Gasteiger partial charge is 0.430 e. The zero-order chi connectivity index (χ0) is 33.8. The number of halogens is 6. The van der Waals surface area contributed by atoms with Crippen molar-refractivity contribution in [1.29, 1.82) is 0 Å². The lowest BCUT2D eigenvalue weighted by Gasteiger charge is -2.51. The minimum atomic E-state index is -5.19. The van der Waals surface area contributed by atoms with Crippen molar-refractivity contribution in [1.82, 2.24) is 4.98 Å². The number of aliphatic carboxylic acids is 1. The molecule has 2 aromatic carbocycles. The van der Waals surface area contributed by atoms with E-state index in [4.69, 9.17) is 14.6 Å². The van der Waals surface area contributed by atoms with Gasteiger partial charge in [0, 0.05) is 31.2 Å². The number of benzene rings is 2. The number of nitrogens with one attached hydrogen (secondary N) is 1. The van der Waals surface area contributed by atoms with E-state index in [2.05, 4.69) is 10.3 Å². The Hall–Kier alpha value is -4.50. The van der Waals surface area contributed by atoms with Gasteiger partial charge in [-0.2, -0.15) is 26.3 Å². The number of anilines is 1. The van der Waals surface area contributed by atoms with Crippen molar-refractivity contribution in [3.63, 3.8) is 0 Å². The summed E-state index contributed by atoms with van der Waals surface area (Å²) >= 11 is 0. The van der Waals surface area contributed by atoms with Crippen LogP contribution < -0.4 is 10.4 Å². The van der Waals surface area contributed by atoms with E-state index in [1.807, 2.05) is 0 Å². The maximum atomic E-state index is 13.6. The minimum Gasteiger partial charge on any atom is -0.542 e. The SMILES string of the molecule is O=C(C[N+]12CCC(CC1)[C@@H](OC(=O)C(O)(c1ccccc1)c1ccccc1)C2)Nc1ccncc1C(F)(F)F.O=C([O-])C(F)(F)F. The third-order valence-corrected chi connectivity index (χ3v) is 8.09. The zero-order valence-electron chi connectivity index (χ0n) is 24.1. The highest BCUT2D eigenvalue weighted by Gasteiger charge is 2.51. The van der Waals surface area contributed by atoms with Crippen LogP contribution >= 0.6 is 0 Å². The van der Waals surface area contributed by atoms with Crippen molar-refractivity contribution in [3.8, 4) is 0 Å². The van der Waals surface area contributed by atoms with Gasteiger partial charge in [-0.05, 0) is 17.2 Å². The summed E-state index contributed by atoms with van der Waals surface area (Å²) in [6.45, 7) is 1.58. The summed E-state index contributed by atoms with van der Waals surface area (Å²) in [6.07, 6.45) is -7.11. The fourth-order valence-corrected chi connectivity index (χ4v) is 5.78. The van der Waals surface area contributed by atoms with E-state index in [0.717, 1.165) is 6.07 Å². The molecule has 3 aliphatic rings. The molecule has 2 bridgehead atoms. The number of carbonyl (C=O) groups excluding carboxylic acids is 3. The van der Waals surface area contributed by atoms with E-state index in [0.29, 0.717) is 54.3 Å². The number of alkyl halides is 6. The number of pyridine rings is 1. The second kappa shape index (κ2) is 13.5. The van der Waals surface area contributed by atoms with Gasteiger partial charge in [-0.1, -0.05) is 60.7 Å². The highest BCUT2D eigenvalue weighted by Crippen LogP contribution is 2.39. The molecule has 0 aliphatic carbocycles. The summed E-state index contributed by atoms with van der Waals surface area (Å²) in [5, 5.41) is 22.9. The topological polar surface area (TPSA) is 129 Å². The maximum Gasteiger partial charge on any atom is 0.430 e. The van der Waals surface area contributed by atoms with Crippen molar-refractivity contribution >= 4 is 23.5 Å². The number of hydrogen-bond donors (Lipinski definition) is 2. The highest BCUT2D eigenvalue weighted by molar-refractivity contribution is 5.92. The standard InChI is InChI=1S/C29H28F3N3O4.C2HF3O2/c30-29(31,32)23-17-33-14-11-24(23)34-26(36)19-35-15-12-20(13-16-35)25(18-35)39-27(37)28(38,21-7-3-1-4-8-21)22-9-5-2-6-10-22;3-2(4,5)1(6)7/h1-11,14,17,20,25,38H,12-13,15-16,18-19H2;(H,6,7)/t20?,25-,35?;/m0./s1. The van der Waals surface area contributed by atoms with Crippen LogP contribution in [-0.2, 0) is 30.9 Å². The van der Waals surface area contributed by atoms with Gasteiger partial charge < -0.3 is 29.5 Å². The van der Waals surface area contributed by atoms with Gasteiger partial charge in [0.15, 0.2) is 12.6 Å². The second-order valence-electron chi connectivity index (χ2n) is 11.1. The average Bonchev–Trinajstić information content (AvgIpc) is 3.01. The molecule has 46 heavy (non-hydrogen) atoms. The fourth-order valence-electron chi connectivity index (χ4n) is 5.78. The first kappa shape index (κ1) is 34.4. The lowest BCUT2D eigenvalue weighted by molar-refractivity contribution is -0.939. The number of carboxylic acid groups (broad SMARTS) is 1. The number of piperidine rings is 3. The van der Waals surface area contributed by atoms with Gasteiger partial charge >= 0.3 is 18.3 Å². The van der Waals surface area contributed by atoms with Gasteiger partial charge in [-0.25, -0.2) is 4.79 Å². The number of carboxylic acids is 1. The Morgan fingerprint density at radius 1 is 0.913 bits per heavy atom. The van der Waals surface area contributed by atoms with Crippen molar-refractivity contribution in [2.24, 2.45) is 5.92 Å². The van der Waals surface area contributed by atoms with Gasteiger partial charge in [-0.15, -0.1) is 0 Å². The molecule has 6 rings (SSSR count). The molecule has 246 valence electrons. The summed E-state index contributed by atoms with van der Waals surface area (Å²) in [7, 11) is 0. The molecular formula is C31H29F6N3O6. The number of nitrogens with zero attached hydrogens (tertiary/aromatic N) is 2. The summed E-state index contributed by atoms with van der Waals surface area (Å²) in [6, 6.07) is 18.3. The number of esters is 1. The molecule has 0 unspecified atom stereocenters. The van der Waals surface area contributed by atoms with Crippen molar-refractivity contribution < 1.29 is 60.2 Å². The number of rotatable bonds is 7. The van der Waals surface area contributed by atoms with Crippen LogP contribution in [0.15, 0.2) is 79.1 Å². The molecular weight excluding hydrogens is 624 g/mol. The van der Waals surface area contributed by atoms with E-state index in [-0.39, 0.29) is 18.2 Å². The number of aromatic nitrogens is 1. The van der Waals surface area contributed by atoms with Crippen LogP contribution in [0.25, 0.3) is 0 Å². The number of quaternary nitrogens is 1. The Morgan fingerprint density at radius 2 is 1.43 bits per heavy atom. The number of ether oxygens (including phenoxy) is 1. The number of aliphatic hydroxyl groups is 1. The first-order valence-electron chi connectivity index (χ1n) is 14.0. The lowest BCUT2D eigenvalue weighted by Crippen LogP contribution is -2.66. The number of fused-ring (bicyclic) bond motifs is 3. The Kier molecular flexibility index (Phi) is 10.1. The third kappa shape index (κ3) is 7.83. The lowest BCUT2D eigenvalue weighted by atomic mass is 9.82. The summed E-state index contributed by atoms with van der Waals surface area (Å²) in [5.74, 6) is -4.28. The molecule has 1 atom stereocenters. The van der Waals surface area contributed by atoms with Crippen LogP contribution in [0.5, 0.6) is 0 Å². The molecule has 0 radical (unpaired) electrons. The van der Waals surface area contributed by atoms with Gasteiger partial charge in [0.2, 0.25) is 5.60 Å². The largest absolute Gasteiger partial charge is 0.542 e. The molecule has 15 heteroatoms. The molecule has 0 spiro atoms. The highest BCUT2D eigenvalue weighted by atomic mass is 19.4. The number of carbonyl (C=O) groups is 3. The van der Waals surface area contributed by atoms with E-state index in [9.17, 15) is 41.0 Å². The monoisotopic (exact) mass is 653 g/mol. The number of hydrogen-bond acceptors (Lipinski definition) is 7. The van der Waals surface area contributed by atoms with Crippen LogP contribution in [0.3, 0.4) is 0 Å². The predicted octanol–water partition coefficient (Wildman–Crippen LogP) is 3.43. The zero-order valence-corrected chi connectivity index (χ0v) is 24.1. The number of amides is 1. The van der Waals surface area contributed by atoms with Crippen molar-refractivity contribution in [2.45, 2.75) is 36.9 Å². The van der Waals surface area contributed by atoms with Crippen molar-refractivity contribution in [3.05, 3.63) is 95.8 Å². The van der Waals surface area contributed by atoms with E-state index in [1.165, 1.54) is 6.20 Å². The Bertz CT molecular complexity index is 1490. The average molecular weight is 654 g/mol. The second-order valence-corrected chi connectivity index (χ2v) is 11.1. The molecule has 9 nitrogen and oxygen atoms in total. The maximum absolute atomic E-state index is 13.6. The third-order valence-electron chi connectivity index (χ3n) is 8.09. The Morgan fingerprint density at radius 3 is 1.91 bits per heavy atom. The normalized spacial score (nSPS) is 21.0. The van der Waals surface area contributed by atoms with E-state index < -0.39 is 47.5 Å². The molecule has 3 aliphatic heterocycles. The first-order chi connectivity index (χ1) is 21.5. The molecule has 4 heterocycles. The molecule has 1 amide bonds. The predicted molar refractivity (Wildman–Crippen MR) is 147 cm³/mol. The summed E-state index contributed by atoms with van der Waals surface area (Å²) in [4.78, 5) is 38.9. The van der Waals surface area contributed by atoms with Crippen molar-refractivity contribution in [2.75, 3.05) is 31.5 Å². The fraction of sp³-hybridized carbons (Fsp3) is 0.355. The van der Waals surface area contributed by atoms with Crippen LogP contribution in [0.4, 0.5) is 32.0 Å². The van der Waals surface area contributed by atoms with E-state index in [1.54, 1.807) is 60.7 Å². The molecule has 3 fully saturated rings. The van der Waals surface area contributed by atoms with Crippen LogP contribution in [0.1, 0.15) is 29.5 Å². The van der Waals surface area contributed by atoms with Crippen LogP contribution in [-0.4, -0.2) is 70.9 Å². The Balaban J connectivity index is 0.000000617. The molecule has 2 N–H and O–H groups in total. The van der Waals surface area contributed by atoms with Crippen LogP contribution in [0, 0.1) is 5.92 Å². The van der Waals surface area contributed by atoms with Gasteiger partial charge in [0.25, 0.3) is 5.91 Å². The summed E-state index contributed by atoms with van der Waals surface area (Å²) in [5.41, 5.74) is -2.62. The molecule has 3 aromatic rings. The summed E-state index contributed by atoms with van der Waals surface area (Å²) < 4.78 is 77.9. The quantitative estimate of drug-likeness (QED) is 0.227. The van der Waals surface area contributed by atoms with Gasteiger partial charge in [0.1, 0.15) is 12.5 Å². The molecule has 1 aromatic heterocycles.